The van der Waals surface area contributed by atoms with Crippen LogP contribution in [-0.2, 0) is 4.79 Å². The van der Waals surface area contributed by atoms with Crippen LogP contribution >= 0.6 is 0 Å². The van der Waals surface area contributed by atoms with Gasteiger partial charge in [-0.05, 0) is 61.7 Å². The van der Waals surface area contributed by atoms with Gasteiger partial charge in [0.2, 0.25) is 5.91 Å². The highest BCUT2D eigenvalue weighted by Crippen LogP contribution is 2.57. The first-order chi connectivity index (χ1) is 8.54. The molecule has 1 amide bonds. The predicted molar refractivity (Wildman–Crippen MR) is 71.8 cm³/mol. The Bertz CT molecular complexity index is 311. The van der Waals surface area contributed by atoms with Crippen LogP contribution in [0.25, 0.3) is 0 Å². The van der Waals surface area contributed by atoms with Crippen molar-refractivity contribution in [2.24, 2.45) is 35.3 Å². The molecule has 4 aliphatic rings. The van der Waals surface area contributed by atoms with E-state index in [1.165, 1.54) is 32.1 Å². The molecule has 4 saturated carbocycles. The zero-order valence-corrected chi connectivity index (χ0v) is 11.6. The zero-order valence-electron chi connectivity index (χ0n) is 11.6. The van der Waals surface area contributed by atoms with Crippen LogP contribution in [0.5, 0.6) is 0 Å². The first-order valence-corrected chi connectivity index (χ1v) is 7.50. The molecule has 102 valence electrons. The highest BCUT2D eigenvalue weighted by molar-refractivity contribution is 5.76. The molecule has 18 heavy (non-hydrogen) atoms. The molecule has 0 aromatic carbocycles. The van der Waals surface area contributed by atoms with Crippen LogP contribution in [0.2, 0.25) is 0 Å². The Morgan fingerprint density at radius 2 is 1.61 bits per heavy atom. The quantitative estimate of drug-likeness (QED) is 0.831. The van der Waals surface area contributed by atoms with Gasteiger partial charge in [-0.2, -0.15) is 0 Å². The molecule has 0 aromatic rings. The molecule has 1 unspecified atom stereocenters. The van der Waals surface area contributed by atoms with E-state index in [0.29, 0.717) is 12.3 Å². The first-order valence-electron chi connectivity index (χ1n) is 7.50. The van der Waals surface area contributed by atoms with Crippen molar-refractivity contribution in [3.05, 3.63) is 0 Å². The third kappa shape index (κ3) is 2.07. The van der Waals surface area contributed by atoms with E-state index in [2.05, 4.69) is 0 Å². The molecule has 4 bridgehead atoms. The minimum absolute atomic E-state index is 0.0925. The number of rotatable bonds is 3. The Hall–Kier alpha value is -0.570. The molecule has 0 spiro atoms. The van der Waals surface area contributed by atoms with Gasteiger partial charge >= 0.3 is 0 Å². The number of nitrogens with two attached hydrogens (primary N) is 1. The maximum absolute atomic E-state index is 11.8. The van der Waals surface area contributed by atoms with Crippen LogP contribution in [0.1, 0.15) is 38.5 Å². The lowest BCUT2D eigenvalue weighted by Gasteiger charge is -2.56. The van der Waals surface area contributed by atoms with Crippen LogP contribution in [0.15, 0.2) is 0 Å². The Balaban J connectivity index is 1.67. The van der Waals surface area contributed by atoms with Crippen molar-refractivity contribution < 1.29 is 4.79 Å². The van der Waals surface area contributed by atoms with E-state index in [1.807, 2.05) is 14.1 Å². The van der Waals surface area contributed by atoms with Crippen molar-refractivity contribution in [3.8, 4) is 0 Å². The molecule has 0 aliphatic heterocycles. The molecule has 0 radical (unpaired) electrons. The van der Waals surface area contributed by atoms with Crippen molar-refractivity contribution in [2.75, 3.05) is 14.1 Å². The second-order valence-corrected chi connectivity index (χ2v) is 7.16. The van der Waals surface area contributed by atoms with E-state index in [0.717, 1.165) is 23.7 Å². The van der Waals surface area contributed by atoms with Crippen molar-refractivity contribution in [1.29, 1.82) is 0 Å². The van der Waals surface area contributed by atoms with Gasteiger partial charge in [-0.3, -0.25) is 4.79 Å². The average Bonchev–Trinajstić information content (AvgIpc) is 2.26. The van der Waals surface area contributed by atoms with E-state index in [9.17, 15) is 4.79 Å². The number of hydrogen-bond donors (Lipinski definition) is 1. The van der Waals surface area contributed by atoms with Crippen LogP contribution < -0.4 is 5.73 Å². The molecule has 0 aromatic heterocycles. The van der Waals surface area contributed by atoms with Crippen molar-refractivity contribution >= 4 is 5.91 Å². The van der Waals surface area contributed by atoms with E-state index in [-0.39, 0.29) is 11.9 Å². The minimum Gasteiger partial charge on any atom is -0.349 e. The van der Waals surface area contributed by atoms with E-state index in [4.69, 9.17) is 5.73 Å². The maximum Gasteiger partial charge on any atom is 0.223 e. The van der Waals surface area contributed by atoms with E-state index in [1.54, 1.807) is 4.90 Å². The summed E-state index contributed by atoms with van der Waals surface area (Å²) >= 11 is 0. The second-order valence-electron chi connectivity index (χ2n) is 7.16. The summed E-state index contributed by atoms with van der Waals surface area (Å²) in [6, 6.07) is 0.0925. The highest BCUT2D eigenvalue weighted by Gasteiger charge is 2.49. The summed E-state index contributed by atoms with van der Waals surface area (Å²) < 4.78 is 0. The van der Waals surface area contributed by atoms with Crippen LogP contribution in [0.3, 0.4) is 0 Å². The topological polar surface area (TPSA) is 46.3 Å². The average molecular weight is 250 g/mol. The fourth-order valence-corrected chi connectivity index (χ4v) is 5.19. The van der Waals surface area contributed by atoms with Gasteiger partial charge < -0.3 is 10.6 Å². The minimum atomic E-state index is 0.0925. The summed E-state index contributed by atoms with van der Waals surface area (Å²) in [5.74, 6) is 4.44. The molecule has 4 rings (SSSR count). The lowest BCUT2D eigenvalue weighted by atomic mass is 9.50. The van der Waals surface area contributed by atoms with Crippen molar-refractivity contribution in [2.45, 2.75) is 44.6 Å². The summed E-state index contributed by atoms with van der Waals surface area (Å²) in [6.45, 7) is 0. The fourth-order valence-electron chi connectivity index (χ4n) is 5.19. The van der Waals surface area contributed by atoms with Crippen LogP contribution in [0.4, 0.5) is 0 Å². The summed E-state index contributed by atoms with van der Waals surface area (Å²) in [6.07, 6.45) is 7.58. The molecule has 3 nitrogen and oxygen atoms in total. The standard InChI is InChI=1S/C15H26N2O/c1-17(2)14(18)8-13(16)15-11-4-9-3-10(6-11)7-12(15)5-9/h9-13,15H,3-8,16H2,1-2H3. The van der Waals surface area contributed by atoms with Crippen LogP contribution in [0, 0.1) is 29.6 Å². The summed E-state index contributed by atoms with van der Waals surface area (Å²) in [7, 11) is 3.65. The SMILES string of the molecule is CN(C)C(=O)CC(N)C1C2CC3CC(C2)CC1C3. The first kappa shape index (κ1) is 12.5. The molecule has 2 N–H and O–H groups in total. The Morgan fingerprint density at radius 3 is 2.06 bits per heavy atom. The second kappa shape index (κ2) is 4.52. The summed E-state index contributed by atoms with van der Waals surface area (Å²) in [5, 5.41) is 0. The molecule has 0 heterocycles. The molecule has 4 fully saturated rings. The smallest absolute Gasteiger partial charge is 0.223 e. The van der Waals surface area contributed by atoms with E-state index < -0.39 is 0 Å². The normalized spacial score (nSPS) is 42.9. The lowest BCUT2D eigenvalue weighted by Crippen LogP contribution is -2.52. The summed E-state index contributed by atoms with van der Waals surface area (Å²) in [4.78, 5) is 13.5. The monoisotopic (exact) mass is 250 g/mol. The van der Waals surface area contributed by atoms with Gasteiger partial charge in [-0.15, -0.1) is 0 Å². The largest absolute Gasteiger partial charge is 0.349 e. The zero-order chi connectivity index (χ0) is 12.9. The lowest BCUT2D eigenvalue weighted by molar-refractivity contribution is -0.130. The van der Waals surface area contributed by atoms with Gasteiger partial charge in [-0.1, -0.05) is 0 Å². The molecule has 1 atom stereocenters. The van der Waals surface area contributed by atoms with Gasteiger partial charge in [0, 0.05) is 26.6 Å². The van der Waals surface area contributed by atoms with Gasteiger partial charge in [0.05, 0.1) is 0 Å². The van der Waals surface area contributed by atoms with Crippen molar-refractivity contribution in [3.63, 3.8) is 0 Å². The summed E-state index contributed by atoms with van der Waals surface area (Å²) in [5.41, 5.74) is 6.39. The van der Waals surface area contributed by atoms with Crippen molar-refractivity contribution in [1.82, 2.24) is 4.90 Å². The number of nitrogens with zero attached hydrogens (tertiary/aromatic N) is 1. The van der Waals surface area contributed by atoms with E-state index >= 15 is 0 Å². The van der Waals surface area contributed by atoms with Gasteiger partial charge in [0.25, 0.3) is 0 Å². The van der Waals surface area contributed by atoms with Gasteiger partial charge in [0.1, 0.15) is 0 Å². The predicted octanol–water partition coefficient (Wildman–Crippen LogP) is 1.86. The van der Waals surface area contributed by atoms with Gasteiger partial charge in [-0.25, -0.2) is 0 Å². The van der Waals surface area contributed by atoms with Crippen LogP contribution in [-0.4, -0.2) is 30.9 Å². The maximum atomic E-state index is 11.8. The number of hydrogen-bond acceptors (Lipinski definition) is 2. The molecular formula is C15H26N2O. The van der Waals surface area contributed by atoms with Gasteiger partial charge in [0.15, 0.2) is 0 Å². The number of amides is 1. The number of carbonyl (C=O) groups is 1. The Labute approximate surface area is 110 Å². The Kier molecular flexibility index (Phi) is 3.13. The molecule has 0 saturated heterocycles. The Morgan fingerprint density at radius 1 is 1.11 bits per heavy atom. The molecule has 3 heteroatoms. The molecule has 4 aliphatic carbocycles. The highest BCUT2D eigenvalue weighted by atomic mass is 16.2. The number of carbonyl (C=O) groups excluding carboxylic acids is 1. The molecular weight excluding hydrogens is 224 g/mol. The fraction of sp³-hybridized carbons (Fsp3) is 0.933. The third-order valence-electron chi connectivity index (χ3n) is 5.70. The third-order valence-corrected chi connectivity index (χ3v) is 5.70.